The Morgan fingerprint density at radius 3 is 2.59 bits per heavy atom. The lowest BCUT2D eigenvalue weighted by Gasteiger charge is -2.14. The summed E-state index contributed by atoms with van der Waals surface area (Å²) in [5.74, 6) is 0.609. The van der Waals surface area contributed by atoms with Crippen LogP contribution < -0.4 is 10.6 Å². The van der Waals surface area contributed by atoms with Crippen LogP contribution in [0.25, 0.3) is 0 Å². The van der Waals surface area contributed by atoms with Crippen molar-refractivity contribution >= 4 is 17.4 Å². The number of pyridine rings is 1. The van der Waals surface area contributed by atoms with E-state index in [9.17, 15) is 4.79 Å². The second-order valence-electron chi connectivity index (χ2n) is 5.07. The fraction of sp³-hybridized carbons (Fsp3) is 0.294. The summed E-state index contributed by atoms with van der Waals surface area (Å²) < 4.78 is 0. The molecule has 1 aromatic heterocycles. The molecule has 5 heteroatoms. The first-order valence-electron chi connectivity index (χ1n) is 7.38. The van der Waals surface area contributed by atoms with E-state index in [-0.39, 0.29) is 18.6 Å². The zero-order chi connectivity index (χ0) is 15.8. The van der Waals surface area contributed by atoms with Gasteiger partial charge in [0.2, 0.25) is 5.91 Å². The van der Waals surface area contributed by atoms with Crippen LogP contribution in [0.15, 0.2) is 48.7 Å². The number of hydrogen-bond donors (Lipinski definition) is 3. The number of amides is 1. The third kappa shape index (κ3) is 4.86. The van der Waals surface area contributed by atoms with E-state index >= 15 is 0 Å². The molecule has 0 aliphatic heterocycles. The summed E-state index contributed by atoms with van der Waals surface area (Å²) in [4.78, 5) is 16.2. The van der Waals surface area contributed by atoms with E-state index in [1.807, 2.05) is 37.3 Å². The topological polar surface area (TPSA) is 74.2 Å². The second kappa shape index (κ2) is 8.14. The molecule has 0 aliphatic rings. The molecule has 116 valence electrons. The van der Waals surface area contributed by atoms with E-state index in [0.29, 0.717) is 17.9 Å². The van der Waals surface area contributed by atoms with Crippen LogP contribution in [0.3, 0.4) is 0 Å². The molecule has 0 saturated heterocycles. The molecule has 0 saturated carbocycles. The van der Waals surface area contributed by atoms with Crippen molar-refractivity contribution in [3.8, 4) is 0 Å². The molecule has 3 N–H and O–H groups in total. The highest BCUT2D eigenvalue weighted by atomic mass is 16.3. The molecule has 0 bridgehead atoms. The molecule has 0 aliphatic carbocycles. The van der Waals surface area contributed by atoms with Gasteiger partial charge in [-0.25, -0.2) is 4.98 Å². The van der Waals surface area contributed by atoms with Crippen molar-refractivity contribution < 1.29 is 9.90 Å². The molecular weight excluding hydrogens is 278 g/mol. The van der Waals surface area contributed by atoms with E-state index < -0.39 is 0 Å². The fourth-order valence-corrected chi connectivity index (χ4v) is 2.03. The van der Waals surface area contributed by atoms with Gasteiger partial charge >= 0.3 is 0 Å². The first kappa shape index (κ1) is 16.0. The van der Waals surface area contributed by atoms with Crippen molar-refractivity contribution in [2.75, 3.05) is 17.2 Å². The summed E-state index contributed by atoms with van der Waals surface area (Å²) in [6.45, 7) is 2.06. The van der Waals surface area contributed by atoms with E-state index in [0.717, 1.165) is 12.0 Å². The van der Waals surface area contributed by atoms with Gasteiger partial charge in [-0.1, -0.05) is 37.3 Å². The number of aliphatic hydroxyl groups excluding tert-OH is 1. The highest BCUT2D eigenvalue weighted by molar-refractivity contribution is 5.92. The fourth-order valence-electron chi connectivity index (χ4n) is 2.03. The normalized spacial score (nSPS) is 11.7. The van der Waals surface area contributed by atoms with Gasteiger partial charge < -0.3 is 15.7 Å². The van der Waals surface area contributed by atoms with Crippen molar-refractivity contribution in [3.05, 3.63) is 54.2 Å². The predicted molar refractivity (Wildman–Crippen MR) is 87.8 cm³/mol. The predicted octanol–water partition coefficient (Wildman–Crippen LogP) is 2.45. The maximum atomic E-state index is 11.9. The molecule has 5 nitrogen and oxygen atoms in total. The third-order valence-electron chi connectivity index (χ3n) is 3.32. The van der Waals surface area contributed by atoms with Gasteiger partial charge in [-0.2, -0.15) is 0 Å². The van der Waals surface area contributed by atoms with Gasteiger partial charge in [0.05, 0.1) is 31.0 Å². The van der Waals surface area contributed by atoms with Crippen molar-refractivity contribution in [1.82, 2.24) is 4.98 Å². The molecule has 0 spiro atoms. The number of carbonyl (C=O) groups is 1. The van der Waals surface area contributed by atoms with Crippen LogP contribution >= 0.6 is 0 Å². The summed E-state index contributed by atoms with van der Waals surface area (Å²) in [6.07, 6.45) is 2.76. The van der Waals surface area contributed by atoms with Crippen LogP contribution in [-0.2, 0) is 11.2 Å². The zero-order valence-corrected chi connectivity index (χ0v) is 12.6. The van der Waals surface area contributed by atoms with Crippen molar-refractivity contribution in [2.45, 2.75) is 25.8 Å². The Morgan fingerprint density at radius 1 is 1.23 bits per heavy atom. The number of rotatable bonds is 7. The summed E-state index contributed by atoms with van der Waals surface area (Å²) in [5.41, 5.74) is 1.63. The van der Waals surface area contributed by atoms with Crippen LogP contribution in [0.5, 0.6) is 0 Å². The molecule has 0 radical (unpaired) electrons. The van der Waals surface area contributed by atoms with Gasteiger partial charge in [0, 0.05) is 0 Å². The van der Waals surface area contributed by atoms with E-state index in [2.05, 4.69) is 15.6 Å². The molecule has 1 aromatic carbocycles. The summed E-state index contributed by atoms with van der Waals surface area (Å²) in [7, 11) is 0. The van der Waals surface area contributed by atoms with E-state index in [4.69, 9.17) is 5.11 Å². The number of benzene rings is 1. The Hall–Kier alpha value is -2.40. The largest absolute Gasteiger partial charge is 0.394 e. The zero-order valence-electron chi connectivity index (χ0n) is 12.6. The standard InChI is InChI=1S/C17H21N3O2/c1-2-14(12-21)19-16-9-8-15(11-18-16)20-17(22)10-13-6-4-3-5-7-13/h3-9,11,14,21H,2,10,12H2,1H3,(H,18,19)(H,20,22). The Morgan fingerprint density at radius 2 is 2.00 bits per heavy atom. The number of carbonyl (C=O) groups excluding carboxylic acids is 1. The van der Waals surface area contributed by atoms with Crippen LogP contribution in [0, 0.1) is 0 Å². The SMILES string of the molecule is CCC(CO)Nc1ccc(NC(=O)Cc2ccccc2)cn1. The van der Waals surface area contributed by atoms with Crippen molar-refractivity contribution in [1.29, 1.82) is 0 Å². The highest BCUT2D eigenvalue weighted by Gasteiger charge is 2.06. The van der Waals surface area contributed by atoms with Crippen LogP contribution in [0.2, 0.25) is 0 Å². The average Bonchev–Trinajstić information content (AvgIpc) is 2.55. The Balaban J connectivity index is 1.89. The number of nitrogens with zero attached hydrogens (tertiary/aromatic N) is 1. The average molecular weight is 299 g/mol. The summed E-state index contributed by atoms with van der Waals surface area (Å²) >= 11 is 0. The van der Waals surface area contributed by atoms with Crippen LogP contribution in [0.1, 0.15) is 18.9 Å². The summed E-state index contributed by atoms with van der Waals surface area (Å²) in [5, 5.41) is 15.1. The number of anilines is 2. The maximum Gasteiger partial charge on any atom is 0.228 e. The smallest absolute Gasteiger partial charge is 0.228 e. The Kier molecular flexibility index (Phi) is 5.91. The van der Waals surface area contributed by atoms with E-state index in [1.165, 1.54) is 0 Å². The minimum atomic E-state index is -0.0736. The van der Waals surface area contributed by atoms with Crippen LogP contribution in [0.4, 0.5) is 11.5 Å². The first-order valence-corrected chi connectivity index (χ1v) is 7.38. The molecule has 1 amide bonds. The summed E-state index contributed by atoms with van der Waals surface area (Å²) in [6, 6.07) is 13.2. The lowest BCUT2D eigenvalue weighted by molar-refractivity contribution is -0.115. The first-order chi connectivity index (χ1) is 10.7. The molecule has 1 unspecified atom stereocenters. The minimum Gasteiger partial charge on any atom is -0.394 e. The number of aliphatic hydroxyl groups is 1. The number of hydrogen-bond acceptors (Lipinski definition) is 4. The molecule has 1 atom stereocenters. The lowest BCUT2D eigenvalue weighted by Crippen LogP contribution is -2.23. The minimum absolute atomic E-state index is 0.00831. The monoisotopic (exact) mass is 299 g/mol. The molecule has 0 fully saturated rings. The lowest BCUT2D eigenvalue weighted by atomic mass is 10.1. The van der Waals surface area contributed by atoms with Crippen molar-refractivity contribution in [3.63, 3.8) is 0 Å². The molecule has 22 heavy (non-hydrogen) atoms. The van der Waals surface area contributed by atoms with Crippen LogP contribution in [-0.4, -0.2) is 28.6 Å². The molecule has 2 aromatic rings. The van der Waals surface area contributed by atoms with Gasteiger partial charge in [-0.15, -0.1) is 0 Å². The molecule has 2 rings (SSSR count). The number of aromatic nitrogens is 1. The second-order valence-corrected chi connectivity index (χ2v) is 5.07. The maximum absolute atomic E-state index is 11.9. The van der Waals surface area contributed by atoms with Gasteiger partial charge in [-0.3, -0.25) is 4.79 Å². The van der Waals surface area contributed by atoms with Gasteiger partial charge in [0.1, 0.15) is 5.82 Å². The molecule has 1 heterocycles. The highest BCUT2D eigenvalue weighted by Crippen LogP contribution is 2.12. The van der Waals surface area contributed by atoms with Gasteiger partial charge in [-0.05, 0) is 24.1 Å². The van der Waals surface area contributed by atoms with Gasteiger partial charge in [0.15, 0.2) is 0 Å². The molecular formula is C17H21N3O2. The van der Waals surface area contributed by atoms with E-state index in [1.54, 1.807) is 18.3 Å². The van der Waals surface area contributed by atoms with Gasteiger partial charge in [0.25, 0.3) is 0 Å². The Bertz CT molecular complexity index is 581. The number of nitrogens with one attached hydrogen (secondary N) is 2. The third-order valence-corrected chi connectivity index (χ3v) is 3.32. The quantitative estimate of drug-likeness (QED) is 0.734. The van der Waals surface area contributed by atoms with Crippen molar-refractivity contribution in [2.24, 2.45) is 0 Å². The Labute approximate surface area is 130 Å².